The lowest BCUT2D eigenvalue weighted by Gasteiger charge is -2.36. The number of fused-ring (bicyclic) bond motifs is 1. The van der Waals surface area contributed by atoms with Gasteiger partial charge < -0.3 is 29.7 Å². The van der Waals surface area contributed by atoms with Crippen LogP contribution in [0.4, 0.5) is 22.4 Å². The molecule has 0 spiro atoms. The molecule has 6 rings (SSSR count). The van der Waals surface area contributed by atoms with Crippen molar-refractivity contribution in [2.75, 3.05) is 74.5 Å². The first-order chi connectivity index (χ1) is 20.5. The van der Waals surface area contributed by atoms with Crippen LogP contribution in [0.25, 0.3) is 10.8 Å². The Bertz CT molecular complexity index is 1540. The quantitative estimate of drug-likeness (QED) is 0.374. The van der Waals surface area contributed by atoms with Gasteiger partial charge in [-0.25, -0.2) is 4.79 Å². The SMILES string of the molecule is CN1CCN(c2nc(NC(=O)c3cccc4ccccc34)cc(N3CCN(C(=O)OCc4ccccc4)CC3)n2)CC1. The van der Waals surface area contributed by atoms with Crippen molar-refractivity contribution in [3.8, 4) is 0 Å². The summed E-state index contributed by atoms with van der Waals surface area (Å²) >= 11 is 0. The largest absolute Gasteiger partial charge is 0.445 e. The molecule has 0 atom stereocenters. The van der Waals surface area contributed by atoms with Crippen molar-refractivity contribution in [2.45, 2.75) is 6.61 Å². The minimum atomic E-state index is -0.317. The van der Waals surface area contributed by atoms with Gasteiger partial charge in [0.05, 0.1) is 0 Å². The normalized spacial score (nSPS) is 16.0. The molecular weight excluding hydrogens is 530 g/mol. The maximum Gasteiger partial charge on any atom is 0.410 e. The highest BCUT2D eigenvalue weighted by Gasteiger charge is 2.26. The molecule has 0 unspecified atom stereocenters. The summed E-state index contributed by atoms with van der Waals surface area (Å²) in [6.45, 7) is 5.89. The molecule has 0 radical (unpaired) electrons. The van der Waals surface area contributed by atoms with Crippen LogP contribution >= 0.6 is 0 Å². The lowest BCUT2D eigenvalue weighted by Crippen LogP contribution is -2.49. The number of likely N-dealkylation sites (N-methyl/N-ethyl adjacent to an activating group) is 1. The lowest BCUT2D eigenvalue weighted by atomic mass is 10.0. The van der Waals surface area contributed by atoms with Crippen molar-refractivity contribution < 1.29 is 14.3 Å². The third-order valence-corrected chi connectivity index (χ3v) is 7.83. The Morgan fingerprint density at radius 2 is 1.48 bits per heavy atom. The van der Waals surface area contributed by atoms with Gasteiger partial charge in [-0.15, -0.1) is 0 Å². The van der Waals surface area contributed by atoms with Crippen molar-refractivity contribution in [2.24, 2.45) is 0 Å². The number of hydrogen-bond acceptors (Lipinski definition) is 8. The van der Waals surface area contributed by atoms with Crippen molar-refractivity contribution in [3.63, 3.8) is 0 Å². The molecule has 4 aromatic rings. The summed E-state index contributed by atoms with van der Waals surface area (Å²) in [5, 5.41) is 4.94. The first-order valence-electron chi connectivity index (χ1n) is 14.4. The Morgan fingerprint density at radius 1 is 0.786 bits per heavy atom. The van der Waals surface area contributed by atoms with Crippen LogP contribution in [0.3, 0.4) is 0 Å². The van der Waals surface area contributed by atoms with Crippen LogP contribution in [-0.4, -0.2) is 91.2 Å². The number of nitrogens with zero attached hydrogens (tertiary/aromatic N) is 6. The molecule has 2 fully saturated rings. The lowest BCUT2D eigenvalue weighted by molar-refractivity contribution is 0.0940. The van der Waals surface area contributed by atoms with Gasteiger partial charge in [0.15, 0.2) is 0 Å². The number of nitrogens with one attached hydrogen (secondary N) is 1. The number of benzene rings is 3. The number of anilines is 3. The Kier molecular flexibility index (Phi) is 8.14. The molecule has 0 saturated carbocycles. The molecule has 10 nitrogen and oxygen atoms in total. The number of ether oxygens (including phenoxy) is 1. The zero-order chi connectivity index (χ0) is 28.9. The Hall–Kier alpha value is -4.70. The van der Waals surface area contributed by atoms with Crippen LogP contribution in [0.2, 0.25) is 0 Å². The van der Waals surface area contributed by atoms with E-state index in [1.807, 2.05) is 78.9 Å². The Labute approximate surface area is 245 Å². The van der Waals surface area contributed by atoms with Gasteiger partial charge in [-0.3, -0.25) is 4.79 Å². The second-order valence-electron chi connectivity index (χ2n) is 10.7. The van der Waals surface area contributed by atoms with E-state index >= 15 is 0 Å². The third kappa shape index (κ3) is 6.28. The van der Waals surface area contributed by atoms with E-state index in [0.717, 1.165) is 48.3 Å². The molecule has 3 heterocycles. The predicted octanol–water partition coefficient (Wildman–Crippen LogP) is 4.09. The molecule has 10 heteroatoms. The fourth-order valence-electron chi connectivity index (χ4n) is 5.33. The zero-order valence-corrected chi connectivity index (χ0v) is 23.8. The minimum Gasteiger partial charge on any atom is -0.445 e. The van der Waals surface area contributed by atoms with Crippen LogP contribution < -0.4 is 15.1 Å². The number of carbonyl (C=O) groups is 2. The second-order valence-corrected chi connectivity index (χ2v) is 10.7. The summed E-state index contributed by atoms with van der Waals surface area (Å²) in [6, 6.07) is 25.1. The molecule has 3 aromatic carbocycles. The van der Waals surface area contributed by atoms with Gasteiger partial charge in [-0.2, -0.15) is 9.97 Å². The van der Waals surface area contributed by atoms with E-state index < -0.39 is 0 Å². The van der Waals surface area contributed by atoms with E-state index in [4.69, 9.17) is 14.7 Å². The number of amides is 2. The Balaban J connectivity index is 1.18. The molecule has 1 N–H and O–H groups in total. The van der Waals surface area contributed by atoms with Gasteiger partial charge in [0.1, 0.15) is 18.2 Å². The van der Waals surface area contributed by atoms with Gasteiger partial charge in [-0.05, 0) is 29.4 Å². The number of piperazine rings is 2. The van der Waals surface area contributed by atoms with Gasteiger partial charge >= 0.3 is 6.09 Å². The number of rotatable bonds is 6. The van der Waals surface area contributed by atoms with E-state index in [2.05, 4.69) is 27.1 Å². The highest BCUT2D eigenvalue weighted by atomic mass is 16.6. The number of hydrogen-bond donors (Lipinski definition) is 1. The first kappa shape index (κ1) is 27.5. The predicted molar refractivity (Wildman–Crippen MR) is 164 cm³/mol. The van der Waals surface area contributed by atoms with Crippen LogP contribution in [0, 0.1) is 0 Å². The molecule has 2 saturated heterocycles. The summed E-state index contributed by atoms with van der Waals surface area (Å²) in [4.78, 5) is 44.2. The number of aromatic nitrogens is 2. The van der Waals surface area contributed by atoms with Gasteiger partial charge in [0.25, 0.3) is 5.91 Å². The highest BCUT2D eigenvalue weighted by molar-refractivity contribution is 6.12. The molecule has 2 amide bonds. The average molecular weight is 566 g/mol. The monoisotopic (exact) mass is 565 g/mol. The maximum atomic E-state index is 13.5. The van der Waals surface area contributed by atoms with Crippen molar-refractivity contribution >= 4 is 40.4 Å². The van der Waals surface area contributed by atoms with Crippen molar-refractivity contribution in [1.29, 1.82) is 0 Å². The van der Waals surface area contributed by atoms with E-state index in [9.17, 15) is 9.59 Å². The van der Waals surface area contributed by atoms with E-state index in [1.165, 1.54) is 0 Å². The summed E-state index contributed by atoms with van der Waals surface area (Å²) in [5.41, 5.74) is 1.55. The summed E-state index contributed by atoms with van der Waals surface area (Å²) in [7, 11) is 2.11. The summed E-state index contributed by atoms with van der Waals surface area (Å²) in [6.07, 6.45) is -0.317. The van der Waals surface area contributed by atoms with Crippen molar-refractivity contribution in [3.05, 3.63) is 90.0 Å². The van der Waals surface area contributed by atoms with Gasteiger partial charge in [-0.1, -0.05) is 66.7 Å². The highest BCUT2D eigenvalue weighted by Crippen LogP contribution is 2.25. The topological polar surface area (TPSA) is 94.1 Å². The molecule has 42 heavy (non-hydrogen) atoms. The smallest absolute Gasteiger partial charge is 0.410 e. The molecule has 0 bridgehead atoms. The Morgan fingerprint density at radius 3 is 2.26 bits per heavy atom. The van der Waals surface area contributed by atoms with Crippen LogP contribution in [0.15, 0.2) is 78.9 Å². The zero-order valence-electron chi connectivity index (χ0n) is 23.8. The fourth-order valence-corrected chi connectivity index (χ4v) is 5.33. The molecule has 0 aliphatic carbocycles. The summed E-state index contributed by atoms with van der Waals surface area (Å²) < 4.78 is 5.54. The van der Waals surface area contributed by atoms with Gasteiger partial charge in [0, 0.05) is 64.0 Å². The van der Waals surface area contributed by atoms with Crippen LogP contribution in [0.5, 0.6) is 0 Å². The molecule has 2 aliphatic heterocycles. The van der Waals surface area contributed by atoms with E-state index in [-0.39, 0.29) is 18.6 Å². The van der Waals surface area contributed by atoms with E-state index in [1.54, 1.807) is 4.90 Å². The molecule has 1 aromatic heterocycles. The number of carbonyl (C=O) groups excluding carboxylic acids is 2. The van der Waals surface area contributed by atoms with E-state index in [0.29, 0.717) is 43.5 Å². The van der Waals surface area contributed by atoms with Crippen molar-refractivity contribution in [1.82, 2.24) is 19.8 Å². The second kappa shape index (κ2) is 12.4. The average Bonchev–Trinajstić information content (AvgIpc) is 3.04. The molecule has 216 valence electrons. The standard InChI is InChI=1S/C32H35N7O3/c1-36-14-16-38(17-15-36)31-34-28(33-30(40)27-13-7-11-25-10-5-6-12-26(25)27)22-29(35-31)37-18-20-39(21-19-37)32(41)42-23-24-8-3-2-4-9-24/h2-13,22H,14-21,23H2,1H3,(H,33,34,35,40). The van der Waals surface area contributed by atoms with Crippen LogP contribution in [-0.2, 0) is 11.3 Å². The molecule has 2 aliphatic rings. The first-order valence-corrected chi connectivity index (χ1v) is 14.4. The third-order valence-electron chi connectivity index (χ3n) is 7.83. The molecular formula is C32H35N7O3. The fraction of sp³-hybridized carbons (Fsp3) is 0.312. The van der Waals surface area contributed by atoms with Crippen LogP contribution in [0.1, 0.15) is 15.9 Å². The summed E-state index contributed by atoms with van der Waals surface area (Å²) in [5.74, 6) is 1.56. The van der Waals surface area contributed by atoms with Gasteiger partial charge in [0.2, 0.25) is 5.95 Å². The maximum absolute atomic E-state index is 13.5. The minimum absolute atomic E-state index is 0.216.